The number of pyridine rings is 1. The monoisotopic (exact) mass is 272 g/mol. The smallest absolute Gasteiger partial charge is 0.123 e. The predicted octanol–water partition coefficient (Wildman–Crippen LogP) is 3.93. The first-order valence-electron chi connectivity index (χ1n) is 7.03. The van der Waals surface area contributed by atoms with E-state index in [0.29, 0.717) is 0 Å². The second-order valence-electron chi connectivity index (χ2n) is 5.21. The Balaban J connectivity index is 2.41. The predicted molar refractivity (Wildman–Crippen MR) is 80.2 cm³/mol. The van der Waals surface area contributed by atoms with Crippen LogP contribution >= 0.6 is 0 Å². The summed E-state index contributed by atoms with van der Waals surface area (Å²) in [6.07, 6.45) is 2.83. The number of benzene rings is 1. The molecule has 0 aliphatic carbocycles. The van der Waals surface area contributed by atoms with E-state index in [1.807, 2.05) is 32.0 Å². The summed E-state index contributed by atoms with van der Waals surface area (Å²) in [5, 5.41) is 3.45. The first kappa shape index (κ1) is 14.7. The Kier molecular flexibility index (Phi) is 4.85. The van der Waals surface area contributed by atoms with Gasteiger partial charge in [0.2, 0.25) is 0 Å². The highest BCUT2D eigenvalue weighted by atomic mass is 19.1. The highest BCUT2D eigenvalue weighted by Gasteiger charge is 2.16. The Morgan fingerprint density at radius 2 is 1.95 bits per heavy atom. The highest BCUT2D eigenvalue weighted by molar-refractivity contribution is 5.32. The number of halogens is 1. The van der Waals surface area contributed by atoms with Crippen molar-refractivity contribution in [2.45, 2.75) is 33.2 Å². The lowest BCUT2D eigenvalue weighted by Gasteiger charge is -2.19. The molecule has 1 unspecified atom stereocenters. The molecule has 2 nitrogen and oxygen atoms in total. The average molecular weight is 272 g/mol. The van der Waals surface area contributed by atoms with Gasteiger partial charge < -0.3 is 5.32 Å². The van der Waals surface area contributed by atoms with Gasteiger partial charge in [-0.2, -0.15) is 0 Å². The van der Waals surface area contributed by atoms with E-state index in [0.717, 1.165) is 35.3 Å². The Morgan fingerprint density at radius 1 is 1.15 bits per heavy atom. The normalized spacial score (nSPS) is 12.4. The van der Waals surface area contributed by atoms with Crippen LogP contribution in [0.25, 0.3) is 0 Å². The summed E-state index contributed by atoms with van der Waals surface area (Å²) in [6, 6.07) is 9.10. The number of aromatic nitrogens is 1. The minimum Gasteiger partial charge on any atom is -0.305 e. The molecule has 0 fully saturated rings. The van der Waals surface area contributed by atoms with Crippen molar-refractivity contribution in [3.63, 3.8) is 0 Å². The number of hydrogen-bond acceptors (Lipinski definition) is 2. The molecule has 1 N–H and O–H groups in total. The van der Waals surface area contributed by atoms with Crippen LogP contribution in [0.15, 0.2) is 36.5 Å². The number of nitrogens with one attached hydrogen (secondary N) is 1. The average Bonchev–Trinajstić information content (AvgIpc) is 2.38. The van der Waals surface area contributed by atoms with Gasteiger partial charge in [0.25, 0.3) is 0 Å². The fraction of sp³-hybridized carbons (Fsp3) is 0.353. The number of rotatable bonds is 5. The molecule has 106 valence electrons. The molecule has 0 saturated heterocycles. The number of nitrogens with zero attached hydrogens (tertiary/aromatic N) is 1. The van der Waals surface area contributed by atoms with Crippen LogP contribution in [0.1, 0.15) is 41.8 Å². The van der Waals surface area contributed by atoms with E-state index in [2.05, 4.69) is 17.2 Å². The highest BCUT2D eigenvalue weighted by Crippen LogP contribution is 2.23. The van der Waals surface area contributed by atoms with Crippen molar-refractivity contribution in [3.8, 4) is 0 Å². The lowest BCUT2D eigenvalue weighted by molar-refractivity contribution is 0.575. The van der Waals surface area contributed by atoms with Crippen LogP contribution in [0, 0.1) is 19.7 Å². The zero-order valence-corrected chi connectivity index (χ0v) is 12.3. The summed E-state index contributed by atoms with van der Waals surface area (Å²) >= 11 is 0. The number of aryl methyl sites for hydroxylation is 2. The zero-order valence-electron chi connectivity index (χ0n) is 12.3. The molecular weight excluding hydrogens is 251 g/mol. The van der Waals surface area contributed by atoms with Crippen LogP contribution in [-0.4, -0.2) is 11.5 Å². The molecule has 0 bridgehead atoms. The van der Waals surface area contributed by atoms with Gasteiger partial charge in [-0.15, -0.1) is 0 Å². The summed E-state index contributed by atoms with van der Waals surface area (Å²) in [4.78, 5) is 4.44. The van der Waals surface area contributed by atoms with Crippen molar-refractivity contribution in [1.29, 1.82) is 0 Å². The molecule has 0 radical (unpaired) electrons. The van der Waals surface area contributed by atoms with E-state index in [1.54, 1.807) is 18.3 Å². The molecule has 20 heavy (non-hydrogen) atoms. The zero-order chi connectivity index (χ0) is 14.5. The fourth-order valence-electron chi connectivity index (χ4n) is 2.33. The minimum absolute atomic E-state index is 0.0655. The topological polar surface area (TPSA) is 24.9 Å². The Hall–Kier alpha value is -1.74. The van der Waals surface area contributed by atoms with E-state index < -0.39 is 0 Å². The number of hydrogen-bond donors (Lipinski definition) is 1. The van der Waals surface area contributed by atoms with Gasteiger partial charge in [0.1, 0.15) is 5.82 Å². The van der Waals surface area contributed by atoms with E-state index in [1.165, 1.54) is 0 Å². The van der Waals surface area contributed by atoms with Gasteiger partial charge >= 0.3 is 0 Å². The molecule has 0 saturated carbocycles. The first-order chi connectivity index (χ1) is 9.60. The lowest BCUT2D eigenvalue weighted by Crippen LogP contribution is -2.24. The van der Waals surface area contributed by atoms with Gasteiger partial charge in [-0.05, 0) is 67.8 Å². The first-order valence-corrected chi connectivity index (χ1v) is 7.03. The third kappa shape index (κ3) is 3.64. The molecule has 0 aliphatic rings. The molecule has 1 atom stereocenters. The molecule has 3 heteroatoms. The van der Waals surface area contributed by atoms with Gasteiger partial charge in [0, 0.05) is 6.20 Å². The Morgan fingerprint density at radius 3 is 2.60 bits per heavy atom. The maximum atomic E-state index is 13.7. The third-order valence-electron chi connectivity index (χ3n) is 3.23. The summed E-state index contributed by atoms with van der Waals surface area (Å²) in [5.74, 6) is -0.198. The van der Waals surface area contributed by atoms with Crippen LogP contribution in [-0.2, 0) is 0 Å². The van der Waals surface area contributed by atoms with Crippen LogP contribution < -0.4 is 5.32 Å². The molecule has 1 aromatic carbocycles. The quantitative estimate of drug-likeness (QED) is 0.892. The van der Waals surface area contributed by atoms with Crippen molar-refractivity contribution >= 4 is 0 Å². The summed E-state index contributed by atoms with van der Waals surface area (Å²) < 4.78 is 13.7. The molecule has 0 spiro atoms. The van der Waals surface area contributed by atoms with Crippen molar-refractivity contribution in [3.05, 3.63) is 64.7 Å². The summed E-state index contributed by atoms with van der Waals surface area (Å²) in [6.45, 7) is 6.94. The Labute approximate surface area is 120 Å². The van der Waals surface area contributed by atoms with Gasteiger partial charge in [-0.1, -0.05) is 13.0 Å². The van der Waals surface area contributed by atoms with Crippen molar-refractivity contribution in [2.24, 2.45) is 0 Å². The van der Waals surface area contributed by atoms with Crippen molar-refractivity contribution in [1.82, 2.24) is 10.3 Å². The van der Waals surface area contributed by atoms with Gasteiger partial charge in [0.05, 0.1) is 11.7 Å². The fourth-order valence-corrected chi connectivity index (χ4v) is 2.33. The van der Waals surface area contributed by atoms with Gasteiger partial charge in [-0.25, -0.2) is 4.39 Å². The van der Waals surface area contributed by atoms with Crippen LogP contribution in [0.4, 0.5) is 4.39 Å². The van der Waals surface area contributed by atoms with Crippen molar-refractivity contribution in [2.75, 3.05) is 6.54 Å². The van der Waals surface area contributed by atoms with E-state index in [9.17, 15) is 4.39 Å². The molecule has 2 aromatic rings. The second kappa shape index (κ2) is 6.62. The molecule has 0 amide bonds. The summed E-state index contributed by atoms with van der Waals surface area (Å²) in [7, 11) is 0. The second-order valence-corrected chi connectivity index (χ2v) is 5.21. The summed E-state index contributed by atoms with van der Waals surface area (Å²) in [5.41, 5.74) is 3.94. The van der Waals surface area contributed by atoms with Crippen LogP contribution in [0.5, 0.6) is 0 Å². The van der Waals surface area contributed by atoms with E-state index in [4.69, 9.17) is 0 Å². The Bertz CT molecular complexity index is 561. The SMILES string of the molecule is CCCNC(c1cc(C)cc(F)c1)c1cc(C)ccn1. The molecular formula is C17H21FN2. The van der Waals surface area contributed by atoms with Gasteiger partial charge in [0.15, 0.2) is 0 Å². The maximum absolute atomic E-state index is 13.7. The van der Waals surface area contributed by atoms with Crippen LogP contribution in [0.3, 0.4) is 0 Å². The largest absolute Gasteiger partial charge is 0.305 e. The lowest BCUT2D eigenvalue weighted by atomic mass is 10.00. The van der Waals surface area contributed by atoms with E-state index >= 15 is 0 Å². The van der Waals surface area contributed by atoms with Gasteiger partial charge in [-0.3, -0.25) is 4.98 Å². The standard InChI is InChI=1S/C17H21FN2/c1-4-6-20-17(16-10-12(2)5-7-19-16)14-8-13(3)9-15(18)11-14/h5,7-11,17,20H,4,6H2,1-3H3. The minimum atomic E-state index is -0.198. The molecule has 1 heterocycles. The molecule has 2 rings (SSSR count). The molecule has 0 aliphatic heterocycles. The van der Waals surface area contributed by atoms with Crippen LogP contribution in [0.2, 0.25) is 0 Å². The van der Waals surface area contributed by atoms with Crippen molar-refractivity contribution < 1.29 is 4.39 Å². The van der Waals surface area contributed by atoms with E-state index in [-0.39, 0.29) is 11.9 Å². The third-order valence-corrected chi connectivity index (χ3v) is 3.23. The maximum Gasteiger partial charge on any atom is 0.123 e. The molecule has 1 aromatic heterocycles.